The second-order valence-corrected chi connectivity index (χ2v) is 4.46. The fourth-order valence-electron chi connectivity index (χ4n) is 1.84. The third-order valence-corrected chi connectivity index (χ3v) is 2.68. The zero-order chi connectivity index (χ0) is 12.0. The van der Waals surface area contributed by atoms with Crippen LogP contribution in [0, 0.1) is 0 Å². The van der Waals surface area contributed by atoms with E-state index < -0.39 is 5.79 Å². The van der Waals surface area contributed by atoms with Crippen LogP contribution in [0.25, 0.3) is 0 Å². The van der Waals surface area contributed by atoms with Gasteiger partial charge in [0.15, 0.2) is 5.79 Å². The number of ether oxygens (including phenoxy) is 2. The maximum atomic E-state index is 11.2. The minimum Gasteiger partial charge on any atom is -0.348 e. The highest BCUT2D eigenvalue weighted by atomic mass is 16.7. The molecule has 0 bridgehead atoms. The fraction of sp³-hybridized carbons (Fsp3) is 0.833. The first-order chi connectivity index (χ1) is 7.52. The third kappa shape index (κ3) is 4.86. The van der Waals surface area contributed by atoms with Crippen molar-refractivity contribution in [3.8, 4) is 0 Å². The summed E-state index contributed by atoms with van der Waals surface area (Å²) in [4.78, 5) is 21.9. The van der Waals surface area contributed by atoms with Crippen molar-refractivity contribution in [2.24, 2.45) is 0 Å². The summed E-state index contributed by atoms with van der Waals surface area (Å²) in [6.45, 7) is 4.68. The average molecular weight is 228 g/mol. The van der Waals surface area contributed by atoms with Gasteiger partial charge in [-0.2, -0.15) is 0 Å². The SMILES string of the molecule is CC(=O)CC(=O)CCCCC1(C)OCCO1. The first-order valence-electron chi connectivity index (χ1n) is 5.81. The van der Waals surface area contributed by atoms with E-state index in [0.29, 0.717) is 19.6 Å². The molecule has 16 heavy (non-hydrogen) atoms. The van der Waals surface area contributed by atoms with Crippen molar-refractivity contribution in [3.05, 3.63) is 0 Å². The molecule has 4 heteroatoms. The van der Waals surface area contributed by atoms with E-state index in [1.54, 1.807) is 0 Å². The summed E-state index contributed by atoms with van der Waals surface area (Å²) in [6, 6.07) is 0. The van der Waals surface area contributed by atoms with Gasteiger partial charge in [0.25, 0.3) is 0 Å². The van der Waals surface area contributed by atoms with Crippen LogP contribution in [0.2, 0.25) is 0 Å². The van der Waals surface area contributed by atoms with E-state index in [9.17, 15) is 9.59 Å². The molecule has 0 saturated carbocycles. The van der Waals surface area contributed by atoms with Crippen LogP contribution in [0.4, 0.5) is 0 Å². The maximum Gasteiger partial charge on any atom is 0.165 e. The van der Waals surface area contributed by atoms with Gasteiger partial charge in [0.05, 0.1) is 19.6 Å². The van der Waals surface area contributed by atoms with Crippen molar-refractivity contribution in [2.75, 3.05) is 13.2 Å². The summed E-state index contributed by atoms with van der Waals surface area (Å²) in [5.41, 5.74) is 0. The Morgan fingerprint density at radius 2 is 1.81 bits per heavy atom. The molecule has 0 radical (unpaired) electrons. The molecule has 0 spiro atoms. The van der Waals surface area contributed by atoms with E-state index in [0.717, 1.165) is 19.3 Å². The smallest absolute Gasteiger partial charge is 0.165 e. The molecule has 0 amide bonds. The standard InChI is InChI=1S/C12H20O4/c1-10(13)9-11(14)5-3-4-6-12(2)15-7-8-16-12/h3-9H2,1-2H3. The van der Waals surface area contributed by atoms with Gasteiger partial charge in [0.2, 0.25) is 0 Å². The molecule has 1 aliphatic rings. The average Bonchev–Trinajstić information content (AvgIpc) is 2.59. The zero-order valence-electron chi connectivity index (χ0n) is 10.1. The van der Waals surface area contributed by atoms with E-state index in [4.69, 9.17) is 9.47 Å². The van der Waals surface area contributed by atoms with Crippen molar-refractivity contribution in [2.45, 2.75) is 51.7 Å². The molecule has 1 fully saturated rings. The Balaban J connectivity index is 2.07. The summed E-state index contributed by atoms with van der Waals surface area (Å²) in [5, 5.41) is 0. The molecule has 1 aliphatic heterocycles. The number of hydrogen-bond acceptors (Lipinski definition) is 4. The van der Waals surface area contributed by atoms with E-state index in [1.165, 1.54) is 6.92 Å². The summed E-state index contributed by atoms with van der Waals surface area (Å²) in [6.07, 6.45) is 3.05. The Labute approximate surface area is 96.3 Å². The second kappa shape index (κ2) is 6.11. The number of Topliss-reactive ketones (excluding diaryl/α,β-unsaturated/α-hetero) is 2. The van der Waals surface area contributed by atoms with E-state index in [1.807, 2.05) is 6.92 Å². The van der Waals surface area contributed by atoms with Crippen LogP contribution in [-0.2, 0) is 19.1 Å². The second-order valence-electron chi connectivity index (χ2n) is 4.46. The minimum atomic E-state index is -0.455. The van der Waals surface area contributed by atoms with Crippen LogP contribution in [0.5, 0.6) is 0 Å². The molecule has 1 rings (SSSR count). The van der Waals surface area contributed by atoms with Crippen LogP contribution in [0.15, 0.2) is 0 Å². The maximum absolute atomic E-state index is 11.2. The van der Waals surface area contributed by atoms with Gasteiger partial charge in [0.1, 0.15) is 11.6 Å². The zero-order valence-corrected chi connectivity index (χ0v) is 10.1. The lowest BCUT2D eigenvalue weighted by atomic mass is 10.0. The molecule has 0 aliphatic carbocycles. The largest absolute Gasteiger partial charge is 0.348 e. The molecule has 0 unspecified atom stereocenters. The lowest BCUT2D eigenvalue weighted by Crippen LogP contribution is -2.25. The molecule has 4 nitrogen and oxygen atoms in total. The summed E-state index contributed by atoms with van der Waals surface area (Å²) in [5.74, 6) is -0.478. The number of hydrogen-bond donors (Lipinski definition) is 0. The Bertz CT molecular complexity index is 254. The predicted molar refractivity (Wildman–Crippen MR) is 59.1 cm³/mol. The van der Waals surface area contributed by atoms with Crippen molar-refractivity contribution in [1.29, 1.82) is 0 Å². The van der Waals surface area contributed by atoms with Gasteiger partial charge < -0.3 is 9.47 Å². The van der Waals surface area contributed by atoms with E-state index in [2.05, 4.69) is 0 Å². The van der Waals surface area contributed by atoms with Gasteiger partial charge in [0, 0.05) is 12.8 Å². The monoisotopic (exact) mass is 228 g/mol. The number of ketones is 2. The Kier molecular flexibility index (Phi) is 5.09. The van der Waals surface area contributed by atoms with Crippen LogP contribution >= 0.6 is 0 Å². The predicted octanol–water partition coefficient (Wildman–Crippen LogP) is 1.86. The Morgan fingerprint density at radius 3 is 2.38 bits per heavy atom. The number of rotatable bonds is 7. The van der Waals surface area contributed by atoms with Crippen molar-refractivity contribution < 1.29 is 19.1 Å². The van der Waals surface area contributed by atoms with Crippen LogP contribution < -0.4 is 0 Å². The van der Waals surface area contributed by atoms with Gasteiger partial charge in [-0.1, -0.05) is 0 Å². The summed E-state index contributed by atoms with van der Waals surface area (Å²) >= 11 is 0. The molecule has 0 atom stereocenters. The highest BCUT2D eigenvalue weighted by Gasteiger charge is 2.29. The fourth-order valence-corrected chi connectivity index (χ4v) is 1.84. The first kappa shape index (κ1) is 13.3. The molecule has 0 aromatic carbocycles. The minimum absolute atomic E-state index is 0.0333. The van der Waals surface area contributed by atoms with Crippen molar-refractivity contribution in [1.82, 2.24) is 0 Å². The molecule has 0 N–H and O–H groups in total. The third-order valence-electron chi connectivity index (χ3n) is 2.68. The van der Waals surface area contributed by atoms with Crippen molar-refractivity contribution >= 4 is 11.6 Å². The molecule has 1 heterocycles. The molecular weight excluding hydrogens is 208 g/mol. The Hall–Kier alpha value is -0.740. The normalized spacial score (nSPS) is 18.6. The molecule has 0 aromatic rings. The van der Waals surface area contributed by atoms with Crippen LogP contribution in [0.3, 0.4) is 0 Å². The van der Waals surface area contributed by atoms with E-state index in [-0.39, 0.29) is 18.0 Å². The van der Waals surface area contributed by atoms with Gasteiger partial charge in [-0.3, -0.25) is 9.59 Å². The number of carbonyl (C=O) groups is 2. The lowest BCUT2D eigenvalue weighted by molar-refractivity contribution is -0.148. The molecule has 0 aromatic heterocycles. The Morgan fingerprint density at radius 1 is 1.19 bits per heavy atom. The quantitative estimate of drug-likeness (QED) is 0.493. The lowest BCUT2D eigenvalue weighted by Gasteiger charge is -2.21. The van der Waals surface area contributed by atoms with Gasteiger partial charge >= 0.3 is 0 Å². The van der Waals surface area contributed by atoms with Crippen molar-refractivity contribution in [3.63, 3.8) is 0 Å². The first-order valence-corrected chi connectivity index (χ1v) is 5.81. The topological polar surface area (TPSA) is 52.6 Å². The van der Waals surface area contributed by atoms with Gasteiger partial charge in [-0.15, -0.1) is 0 Å². The van der Waals surface area contributed by atoms with Gasteiger partial charge in [-0.05, 0) is 26.7 Å². The highest BCUT2D eigenvalue weighted by molar-refractivity contribution is 5.97. The highest BCUT2D eigenvalue weighted by Crippen LogP contribution is 2.25. The number of carbonyl (C=O) groups excluding carboxylic acids is 2. The van der Waals surface area contributed by atoms with Crippen LogP contribution in [0.1, 0.15) is 46.0 Å². The number of unbranched alkanes of at least 4 members (excludes halogenated alkanes) is 1. The molecule has 92 valence electrons. The molecule has 1 saturated heterocycles. The van der Waals surface area contributed by atoms with Crippen LogP contribution in [-0.4, -0.2) is 30.6 Å². The summed E-state index contributed by atoms with van der Waals surface area (Å²) < 4.78 is 10.9. The molecular formula is C12H20O4. The van der Waals surface area contributed by atoms with Gasteiger partial charge in [-0.25, -0.2) is 0 Å². The summed E-state index contributed by atoms with van der Waals surface area (Å²) in [7, 11) is 0. The van der Waals surface area contributed by atoms with E-state index >= 15 is 0 Å².